The van der Waals surface area contributed by atoms with Gasteiger partial charge >= 0.3 is 0 Å². The fraction of sp³-hybridized carbons (Fsp3) is 0.333. The lowest BCUT2D eigenvalue weighted by atomic mass is 10.3. The molecule has 1 rings (SSSR count). The fourth-order valence-corrected chi connectivity index (χ4v) is 0.966. The van der Waals surface area contributed by atoms with Gasteiger partial charge in [-0.3, -0.25) is 0 Å². The summed E-state index contributed by atoms with van der Waals surface area (Å²) >= 11 is 0. The summed E-state index contributed by atoms with van der Waals surface area (Å²) in [6.07, 6.45) is 0. The number of hydrogen-bond donors (Lipinski definition) is 1. The van der Waals surface area contributed by atoms with Crippen molar-refractivity contribution in [3.63, 3.8) is 0 Å². The van der Waals surface area contributed by atoms with Crippen LogP contribution in [0.15, 0.2) is 18.2 Å². The maximum Gasteiger partial charge on any atom is 0.189 e. The van der Waals surface area contributed by atoms with Gasteiger partial charge in [0.1, 0.15) is 0 Å². The van der Waals surface area contributed by atoms with Crippen molar-refractivity contribution in [3.05, 3.63) is 18.2 Å². The summed E-state index contributed by atoms with van der Waals surface area (Å²) in [5.74, 6) is 1.13. The Morgan fingerprint density at radius 1 is 1.31 bits per heavy atom. The largest absolute Gasteiger partial charge is 0.493 e. The number of hydrogen-bond acceptors (Lipinski definition) is 4. The summed E-state index contributed by atoms with van der Waals surface area (Å²) in [6, 6.07) is 5.32. The second-order valence-electron chi connectivity index (χ2n) is 2.43. The van der Waals surface area contributed by atoms with E-state index in [0.29, 0.717) is 17.2 Å². The van der Waals surface area contributed by atoms with Gasteiger partial charge in [0, 0.05) is 7.11 Å². The van der Waals surface area contributed by atoms with Crippen LogP contribution in [0.4, 0.5) is 5.69 Å². The van der Waals surface area contributed by atoms with Crippen molar-refractivity contribution >= 4 is 5.69 Å². The Morgan fingerprint density at radius 3 is 2.69 bits per heavy atom. The van der Waals surface area contributed by atoms with E-state index in [9.17, 15) is 0 Å². The van der Waals surface area contributed by atoms with Crippen LogP contribution in [-0.4, -0.2) is 21.0 Å². The van der Waals surface area contributed by atoms with Gasteiger partial charge in [-0.25, -0.2) is 0 Å². The first-order valence-electron chi connectivity index (χ1n) is 3.83. The highest BCUT2D eigenvalue weighted by molar-refractivity contribution is 5.60. The normalized spacial score (nSPS) is 9.69. The van der Waals surface area contributed by atoms with Crippen LogP contribution in [0.25, 0.3) is 0 Å². The van der Waals surface area contributed by atoms with Crippen molar-refractivity contribution < 1.29 is 14.2 Å². The number of benzene rings is 1. The Balaban J connectivity index is 2.87. The van der Waals surface area contributed by atoms with E-state index in [-0.39, 0.29) is 6.79 Å². The van der Waals surface area contributed by atoms with Gasteiger partial charge in [0.25, 0.3) is 0 Å². The topological polar surface area (TPSA) is 53.7 Å². The van der Waals surface area contributed by atoms with Gasteiger partial charge in [-0.1, -0.05) is 6.07 Å². The third-order valence-electron chi connectivity index (χ3n) is 1.55. The Morgan fingerprint density at radius 2 is 2.08 bits per heavy atom. The first-order chi connectivity index (χ1) is 6.29. The van der Waals surface area contributed by atoms with Crippen LogP contribution in [0.2, 0.25) is 0 Å². The summed E-state index contributed by atoms with van der Waals surface area (Å²) in [5, 5.41) is 0. The molecular weight excluding hydrogens is 170 g/mol. The van der Waals surface area contributed by atoms with Crippen LogP contribution in [-0.2, 0) is 4.74 Å². The molecule has 0 aliphatic heterocycles. The molecule has 0 aliphatic carbocycles. The Kier molecular flexibility index (Phi) is 3.40. The Bertz CT molecular complexity index is 276. The molecule has 0 spiro atoms. The summed E-state index contributed by atoms with van der Waals surface area (Å²) < 4.78 is 15.1. The molecular formula is C9H13NO3. The van der Waals surface area contributed by atoms with E-state index < -0.39 is 0 Å². The lowest BCUT2D eigenvalue weighted by molar-refractivity contribution is 0.0497. The molecule has 0 radical (unpaired) electrons. The third-order valence-corrected chi connectivity index (χ3v) is 1.55. The number of nitrogen functional groups attached to an aromatic ring is 1. The standard InChI is InChI=1S/C9H13NO3/c1-11-6-13-9-7(10)4-3-5-8(9)12-2/h3-5H,6,10H2,1-2H3. The van der Waals surface area contributed by atoms with Crippen LogP contribution in [0.5, 0.6) is 11.5 Å². The van der Waals surface area contributed by atoms with E-state index in [2.05, 4.69) is 0 Å². The molecule has 4 heteroatoms. The highest BCUT2D eigenvalue weighted by atomic mass is 16.7. The number of methoxy groups -OCH3 is 2. The van der Waals surface area contributed by atoms with Crippen LogP contribution >= 0.6 is 0 Å². The second-order valence-corrected chi connectivity index (χ2v) is 2.43. The Labute approximate surface area is 77.2 Å². The summed E-state index contributed by atoms with van der Waals surface area (Å²) in [7, 11) is 3.11. The maximum atomic E-state index is 5.68. The molecule has 1 aromatic carbocycles. The van der Waals surface area contributed by atoms with E-state index in [1.807, 2.05) is 0 Å². The minimum atomic E-state index is 0.157. The first-order valence-corrected chi connectivity index (χ1v) is 3.83. The average molecular weight is 183 g/mol. The van der Waals surface area contributed by atoms with Gasteiger partial charge in [-0.15, -0.1) is 0 Å². The molecule has 2 N–H and O–H groups in total. The molecule has 0 heterocycles. The lowest BCUT2D eigenvalue weighted by Gasteiger charge is -2.11. The molecule has 1 aromatic rings. The summed E-state index contributed by atoms with van der Waals surface area (Å²) in [5.41, 5.74) is 6.22. The highest BCUT2D eigenvalue weighted by Gasteiger charge is 2.06. The summed E-state index contributed by atoms with van der Waals surface area (Å²) in [6.45, 7) is 0.157. The Hall–Kier alpha value is -1.42. The zero-order valence-corrected chi connectivity index (χ0v) is 7.74. The molecule has 72 valence electrons. The monoisotopic (exact) mass is 183 g/mol. The predicted molar refractivity (Wildman–Crippen MR) is 49.9 cm³/mol. The van der Waals surface area contributed by atoms with Gasteiger partial charge < -0.3 is 19.9 Å². The number of rotatable bonds is 4. The van der Waals surface area contributed by atoms with E-state index in [4.69, 9.17) is 19.9 Å². The minimum absolute atomic E-state index is 0.157. The second kappa shape index (κ2) is 4.57. The zero-order chi connectivity index (χ0) is 9.68. The first kappa shape index (κ1) is 9.67. The van der Waals surface area contributed by atoms with Crippen molar-refractivity contribution in [2.24, 2.45) is 0 Å². The predicted octanol–water partition coefficient (Wildman–Crippen LogP) is 1.26. The van der Waals surface area contributed by atoms with Gasteiger partial charge in [0.15, 0.2) is 18.3 Å². The van der Waals surface area contributed by atoms with Crippen molar-refractivity contribution in [2.45, 2.75) is 0 Å². The van der Waals surface area contributed by atoms with Crippen molar-refractivity contribution in [3.8, 4) is 11.5 Å². The van der Waals surface area contributed by atoms with E-state index in [1.165, 1.54) is 0 Å². The molecule has 0 aliphatic rings. The number of para-hydroxylation sites is 1. The molecule has 0 unspecified atom stereocenters. The van der Waals surface area contributed by atoms with Gasteiger partial charge in [0.05, 0.1) is 12.8 Å². The van der Waals surface area contributed by atoms with Crippen molar-refractivity contribution in [1.29, 1.82) is 0 Å². The molecule has 13 heavy (non-hydrogen) atoms. The van der Waals surface area contributed by atoms with Gasteiger partial charge in [0.2, 0.25) is 0 Å². The number of nitrogens with two attached hydrogens (primary N) is 1. The SMILES string of the molecule is COCOc1c(N)cccc1OC. The molecule has 0 aromatic heterocycles. The third kappa shape index (κ3) is 2.26. The van der Waals surface area contributed by atoms with E-state index in [0.717, 1.165) is 0 Å². The van der Waals surface area contributed by atoms with Crippen molar-refractivity contribution in [2.75, 3.05) is 26.7 Å². The molecule has 0 saturated heterocycles. The minimum Gasteiger partial charge on any atom is -0.493 e. The maximum absolute atomic E-state index is 5.68. The molecule has 4 nitrogen and oxygen atoms in total. The van der Waals surface area contributed by atoms with E-state index in [1.54, 1.807) is 32.4 Å². The number of ether oxygens (including phenoxy) is 3. The molecule has 0 amide bonds. The smallest absolute Gasteiger partial charge is 0.189 e. The van der Waals surface area contributed by atoms with Crippen LogP contribution in [0.1, 0.15) is 0 Å². The number of anilines is 1. The molecule has 0 saturated carbocycles. The van der Waals surface area contributed by atoms with Crippen LogP contribution in [0, 0.1) is 0 Å². The fourth-order valence-electron chi connectivity index (χ4n) is 0.966. The molecule has 0 atom stereocenters. The highest BCUT2D eigenvalue weighted by Crippen LogP contribution is 2.32. The quantitative estimate of drug-likeness (QED) is 0.564. The van der Waals surface area contributed by atoms with Crippen LogP contribution in [0.3, 0.4) is 0 Å². The zero-order valence-electron chi connectivity index (χ0n) is 7.74. The van der Waals surface area contributed by atoms with E-state index >= 15 is 0 Å². The lowest BCUT2D eigenvalue weighted by Crippen LogP contribution is -2.03. The summed E-state index contributed by atoms with van der Waals surface area (Å²) in [4.78, 5) is 0. The molecule has 0 bridgehead atoms. The van der Waals surface area contributed by atoms with Crippen molar-refractivity contribution in [1.82, 2.24) is 0 Å². The van der Waals surface area contributed by atoms with Crippen LogP contribution < -0.4 is 15.2 Å². The average Bonchev–Trinajstić information content (AvgIpc) is 2.15. The van der Waals surface area contributed by atoms with Gasteiger partial charge in [-0.05, 0) is 12.1 Å². The molecule has 0 fully saturated rings. The van der Waals surface area contributed by atoms with Gasteiger partial charge in [-0.2, -0.15) is 0 Å².